The summed E-state index contributed by atoms with van der Waals surface area (Å²) in [5, 5.41) is 14.2. The van der Waals surface area contributed by atoms with Crippen molar-refractivity contribution in [2.75, 3.05) is 21.3 Å². The Morgan fingerprint density at radius 2 is 1.61 bits per heavy atom. The number of hydrogen-bond acceptors (Lipinski definition) is 6. The van der Waals surface area contributed by atoms with Gasteiger partial charge in [0.2, 0.25) is 5.75 Å². The number of nitrogens with one attached hydrogen (secondary N) is 1. The van der Waals surface area contributed by atoms with Crippen molar-refractivity contribution in [3.63, 3.8) is 0 Å². The van der Waals surface area contributed by atoms with Crippen molar-refractivity contribution in [2.45, 2.75) is 0 Å². The molecule has 148 valence electrons. The van der Waals surface area contributed by atoms with Crippen LogP contribution in [-0.4, -0.2) is 33.2 Å². The van der Waals surface area contributed by atoms with Crippen molar-refractivity contribution >= 4 is 41.2 Å². The smallest absolute Gasteiger partial charge is 0.257 e. The minimum Gasteiger partial charge on any atom is -0.543 e. The predicted octanol–water partition coefficient (Wildman–Crippen LogP) is 2.54. The molecule has 7 nitrogen and oxygen atoms in total. The van der Waals surface area contributed by atoms with Crippen molar-refractivity contribution in [1.29, 1.82) is 0 Å². The van der Waals surface area contributed by atoms with Crippen LogP contribution < -0.4 is 24.6 Å². The number of benzene rings is 2. The zero-order valence-electron chi connectivity index (χ0n) is 15.2. The van der Waals surface area contributed by atoms with E-state index in [1.54, 1.807) is 0 Å². The van der Waals surface area contributed by atoms with Gasteiger partial charge in [-0.2, -0.15) is 0 Å². The normalized spacial score (nSPS) is 11.0. The average molecular weight is 425 g/mol. The monoisotopic (exact) mass is 424 g/mol. The number of methoxy groups -OCH3 is 3. The van der Waals surface area contributed by atoms with E-state index < -0.39 is 17.6 Å². The maximum atomic E-state index is 12.4. The number of carbonyl (C=O) groups is 2. The molecule has 0 aliphatic carbocycles. The molecule has 0 radical (unpaired) electrons. The second-order valence-corrected chi connectivity index (χ2v) is 6.23. The first-order valence-electron chi connectivity index (χ1n) is 7.80. The topological polar surface area (TPSA) is 96.9 Å². The number of halogens is 2. The molecule has 0 fully saturated rings. The zero-order valence-corrected chi connectivity index (χ0v) is 16.7. The molecule has 0 saturated carbocycles. The van der Waals surface area contributed by atoms with Gasteiger partial charge >= 0.3 is 0 Å². The summed E-state index contributed by atoms with van der Waals surface area (Å²) in [7, 11) is 4.29. The van der Waals surface area contributed by atoms with E-state index in [2.05, 4.69) is 5.32 Å². The number of carboxylic acids is 1. The lowest BCUT2D eigenvalue weighted by molar-refractivity contribution is -0.299. The van der Waals surface area contributed by atoms with Crippen molar-refractivity contribution < 1.29 is 28.9 Å². The Balaban J connectivity index is 2.42. The molecule has 0 atom stereocenters. The number of carbonyl (C=O) groups excluding carboxylic acids is 2. The molecule has 0 heterocycles. The lowest BCUT2D eigenvalue weighted by atomic mass is 10.1. The zero-order chi connectivity index (χ0) is 20.8. The van der Waals surface area contributed by atoms with Crippen LogP contribution in [0.15, 0.2) is 36.0 Å². The molecule has 0 aliphatic rings. The van der Waals surface area contributed by atoms with Gasteiger partial charge < -0.3 is 29.4 Å². The first-order chi connectivity index (χ1) is 13.3. The summed E-state index contributed by atoms with van der Waals surface area (Å²) in [6, 6.07) is 7.26. The van der Waals surface area contributed by atoms with E-state index >= 15 is 0 Å². The molecule has 0 saturated heterocycles. The molecular formula is C19H16Cl2NO6-. The van der Waals surface area contributed by atoms with E-state index in [4.69, 9.17) is 37.4 Å². The van der Waals surface area contributed by atoms with Crippen molar-refractivity contribution in [3.05, 3.63) is 57.2 Å². The molecule has 9 heteroatoms. The minimum atomic E-state index is -1.59. The second kappa shape index (κ2) is 9.34. The van der Waals surface area contributed by atoms with Gasteiger partial charge in [0.15, 0.2) is 11.5 Å². The van der Waals surface area contributed by atoms with E-state index in [9.17, 15) is 14.7 Å². The molecular weight excluding hydrogens is 409 g/mol. The fraction of sp³-hybridized carbons (Fsp3) is 0.158. The van der Waals surface area contributed by atoms with E-state index in [0.29, 0.717) is 27.8 Å². The molecule has 1 amide bonds. The Labute approximate surface area is 171 Å². The highest BCUT2D eigenvalue weighted by atomic mass is 35.5. The van der Waals surface area contributed by atoms with Gasteiger partial charge in [-0.05, 0) is 42.0 Å². The second-order valence-electron chi connectivity index (χ2n) is 5.38. The minimum absolute atomic E-state index is 0.0584. The van der Waals surface area contributed by atoms with E-state index in [-0.39, 0.29) is 10.6 Å². The Hall–Kier alpha value is -2.90. The van der Waals surface area contributed by atoms with Gasteiger partial charge in [-0.3, -0.25) is 4.79 Å². The van der Waals surface area contributed by atoms with Gasteiger partial charge in [0, 0.05) is 5.02 Å². The standard InChI is InChI=1S/C19H17Cl2NO6/c1-26-15-7-10(8-16(27-2)17(15)28-3)6-14(19(24)25)22-18(23)12-5-4-11(20)9-13(12)21/h4-9H,1-3H3,(H,22,23)(H,24,25)/p-1/b14-6+. The Morgan fingerprint density at radius 1 is 1.00 bits per heavy atom. The van der Waals surface area contributed by atoms with Crippen LogP contribution in [0.25, 0.3) is 6.08 Å². The summed E-state index contributed by atoms with van der Waals surface area (Å²) in [5.74, 6) is -1.35. The maximum Gasteiger partial charge on any atom is 0.257 e. The van der Waals surface area contributed by atoms with Gasteiger partial charge in [0.1, 0.15) is 0 Å². The fourth-order valence-electron chi connectivity index (χ4n) is 2.36. The lowest BCUT2D eigenvalue weighted by Crippen LogP contribution is -2.35. The quantitative estimate of drug-likeness (QED) is 0.685. The number of carboxylic acid groups (broad SMARTS) is 1. The average Bonchev–Trinajstić information content (AvgIpc) is 2.66. The van der Waals surface area contributed by atoms with Crippen LogP contribution in [0, 0.1) is 0 Å². The molecule has 0 unspecified atom stereocenters. The van der Waals surface area contributed by atoms with Gasteiger partial charge in [-0.25, -0.2) is 0 Å². The molecule has 1 N–H and O–H groups in total. The van der Waals surface area contributed by atoms with Crippen LogP contribution in [-0.2, 0) is 4.79 Å². The summed E-state index contributed by atoms with van der Waals surface area (Å²) in [5.41, 5.74) is -0.0513. The highest BCUT2D eigenvalue weighted by Gasteiger charge is 2.15. The molecule has 2 aromatic rings. The maximum absolute atomic E-state index is 12.4. The van der Waals surface area contributed by atoms with E-state index in [0.717, 1.165) is 0 Å². The van der Waals surface area contributed by atoms with Crippen LogP contribution >= 0.6 is 23.2 Å². The first kappa shape index (κ1) is 21.4. The van der Waals surface area contributed by atoms with Gasteiger partial charge in [-0.15, -0.1) is 0 Å². The van der Waals surface area contributed by atoms with Gasteiger partial charge in [-0.1, -0.05) is 23.2 Å². The number of hydrogen-bond donors (Lipinski definition) is 1. The van der Waals surface area contributed by atoms with E-state index in [1.165, 1.54) is 57.7 Å². The summed E-state index contributed by atoms with van der Waals surface area (Å²) >= 11 is 11.8. The molecule has 0 bridgehead atoms. The molecule has 28 heavy (non-hydrogen) atoms. The molecule has 0 aromatic heterocycles. The fourth-order valence-corrected chi connectivity index (χ4v) is 2.85. The highest BCUT2D eigenvalue weighted by molar-refractivity contribution is 6.36. The highest BCUT2D eigenvalue weighted by Crippen LogP contribution is 2.38. The first-order valence-corrected chi connectivity index (χ1v) is 8.55. The molecule has 2 rings (SSSR count). The predicted molar refractivity (Wildman–Crippen MR) is 103 cm³/mol. The summed E-state index contributed by atoms with van der Waals surface area (Å²) in [6.07, 6.45) is 1.20. The number of rotatable bonds is 7. The van der Waals surface area contributed by atoms with Gasteiger partial charge in [0.05, 0.1) is 43.6 Å². The largest absolute Gasteiger partial charge is 0.543 e. The summed E-state index contributed by atoms with van der Waals surface area (Å²) < 4.78 is 15.7. The van der Waals surface area contributed by atoms with Crippen LogP contribution in [0.5, 0.6) is 17.2 Å². The third-order valence-corrected chi connectivity index (χ3v) is 4.19. The number of aliphatic carboxylic acids is 1. The van der Waals surface area contributed by atoms with Crippen LogP contribution in [0.1, 0.15) is 15.9 Å². The molecule has 0 spiro atoms. The number of amides is 1. The Bertz CT molecular complexity index is 917. The molecule has 0 aliphatic heterocycles. The van der Waals surface area contributed by atoms with Crippen LogP contribution in [0.4, 0.5) is 0 Å². The van der Waals surface area contributed by atoms with Crippen molar-refractivity contribution in [3.8, 4) is 17.2 Å². The third-order valence-electron chi connectivity index (χ3n) is 3.64. The molecule has 2 aromatic carbocycles. The van der Waals surface area contributed by atoms with E-state index in [1.807, 2.05) is 0 Å². The van der Waals surface area contributed by atoms with Crippen LogP contribution in [0.3, 0.4) is 0 Å². The van der Waals surface area contributed by atoms with Crippen LogP contribution in [0.2, 0.25) is 10.0 Å². The SMILES string of the molecule is COc1cc(/C=C(/NC(=O)c2ccc(Cl)cc2Cl)C(=O)[O-])cc(OC)c1OC. The van der Waals surface area contributed by atoms with Gasteiger partial charge in [0.25, 0.3) is 5.91 Å². The Kier molecular flexibility index (Phi) is 7.14. The number of ether oxygens (including phenoxy) is 3. The Morgan fingerprint density at radius 3 is 2.07 bits per heavy atom. The summed E-state index contributed by atoms with van der Waals surface area (Å²) in [6.45, 7) is 0. The third kappa shape index (κ3) is 4.88. The van der Waals surface area contributed by atoms with Crippen molar-refractivity contribution in [1.82, 2.24) is 5.32 Å². The lowest BCUT2D eigenvalue weighted by Gasteiger charge is -2.15. The van der Waals surface area contributed by atoms with Crippen molar-refractivity contribution in [2.24, 2.45) is 0 Å². The summed E-state index contributed by atoms with van der Waals surface area (Å²) in [4.78, 5) is 23.9.